The number of fused-ring (bicyclic) bond motifs is 1. The van der Waals surface area contributed by atoms with Crippen molar-refractivity contribution in [1.82, 2.24) is 4.98 Å². The van der Waals surface area contributed by atoms with Gasteiger partial charge < -0.3 is 9.47 Å². The highest BCUT2D eigenvalue weighted by molar-refractivity contribution is 6.30. The number of esters is 1. The average Bonchev–Trinajstić information content (AvgIpc) is 2.59. The largest absolute Gasteiger partial charge is 0.489 e. The van der Waals surface area contributed by atoms with Gasteiger partial charge in [0.25, 0.3) is 0 Å². The Bertz CT molecular complexity index is 924. The second-order valence-electron chi connectivity index (χ2n) is 5.61. The zero-order valence-corrected chi connectivity index (χ0v) is 14.8. The van der Waals surface area contributed by atoms with Crippen molar-refractivity contribution < 1.29 is 14.3 Å². The van der Waals surface area contributed by atoms with E-state index in [9.17, 15) is 4.79 Å². The van der Waals surface area contributed by atoms with E-state index >= 15 is 0 Å². The van der Waals surface area contributed by atoms with Gasteiger partial charge in [-0.05, 0) is 49.7 Å². The third-order valence-corrected chi connectivity index (χ3v) is 4.00. The number of benzene rings is 2. The molecule has 1 heterocycles. The molecule has 3 rings (SSSR count). The highest BCUT2D eigenvalue weighted by Crippen LogP contribution is 2.23. The van der Waals surface area contributed by atoms with Gasteiger partial charge in [-0.15, -0.1) is 0 Å². The van der Waals surface area contributed by atoms with Crippen molar-refractivity contribution >= 4 is 28.5 Å². The van der Waals surface area contributed by atoms with Crippen LogP contribution in [0.15, 0.2) is 48.5 Å². The number of halogens is 1. The summed E-state index contributed by atoms with van der Waals surface area (Å²) in [6.07, 6.45) is 0. The predicted molar refractivity (Wildman–Crippen MR) is 98.2 cm³/mol. The van der Waals surface area contributed by atoms with Crippen LogP contribution in [-0.4, -0.2) is 17.6 Å². The second-order valence-corrected chi connectivity index (χ2v) is 6.05. The summed E-state index contributed by atoms with van der Waals surface area (Å²) in [5, 5.41) is 1.55. The van der Waals surface area contributed by atoms with Crippen LogP contribution in [0.25, 0.3) is 10.9 Å². The summed E-state index contributed by atoms with van der Waals surface area (Å²) < 4.78 is 10.9. The van der Waals surface area contributed by atoms with Crippen LogP contribution in [0, 0.1) is 6.92 Å². The molecule has 0 unspecified atom stereocenters. The molecule has 0 radical (unpaired) electrons. The summed E-state index contributed by atoms with van der Waals surface area (Å²) in [4.78, 5) is 16.5. The van der Waals surface area contributed by atoms with Crippen LogP contribution in [0.4, 0.5) is 0 Å². The minimum absolute atomic E-state index is 0.340. The molecule has 0 fully saturated rings. The molecule has 0 spiro atoms. The number of carbonyl (C=O) groups is 1. The SMILES string of the molecule is CCOC(=O)c1cc2ccc(OCc3cccc(Cl)c3)cc2nc1C. The van der Waals surface area contributed by atoms with Crippen LogP contribution in [0.1, 0.15) is 28.5 Å². The van der Waals surface area contributed by atoms with Crippen LogP contribution in [0.2, 0.25) is 5.02 Å². The Morgan fingerprint density at radius 1 is 1.16 bits per heavy atom. The fourth-order valence-corrected chi connectivity index (χ4v) is 2.75. The van der Waals surface area contributed by atoms with Gasteiger partial charge in [0.15, 0.2) is 0 Å². The van der Waals surface area contributed by atoms with Crippen LogP contribution >= 0.6 is 11.6 Å². The van der Waals surface area contributed by atoms with Gasteiger partial charge in [-0.1, -0.05) is 23.7 Å². The molecule has 0 atom stereocenters. The van der Waals surface area contributed by atoms with Gasteiger partial charge in [0.1, 0.15) is 12.4 Å². The van der Waals surface area contributed by atoms with Crippen molar-refractivity contribution in [1.29, 1.82) is 0 Å². The smallest absolute Gasteiger partial charge is 0.339 e. The van der Waals surface area contributed by atoms with Crippen LogP contribution in [0.3, 0.4) is 0 Å². The van der Waals surface area contributed by atoms with E-state index in [0.717, 1.165) is 16.5 Å². The Kier molecular flexibility index (Phi) is 5.19. The Hall–Kier alpha value is -2.59. The van der Waals surface area contributed by atoms with Gasteiger partial charge in [-0.3, -0.25) is 4.98 Å². The van der Waals surface area contributed by atoms with Crippen molar-refractivity contribution in [2.24, 2.45) is 0 Å². The number of nitrogens with zero attached hydrogens (tertiary/aromatic N) is 1. The minimum Gasteiger partial charge on any atom is -0.489 e. The fraction of sp³-hybridized carbons (Fsp3) is 0.200. The van der Waals surface area contributed by atoms with Crippen LogP contribution in [0.5, 0.6) is 5.75 Å². The lowest BCUT2D eigenvalue weighted by Crippen LogP contribution is -2.08. The highest BCUT2D eigenvalue weighted by atomic mass is 35.5. The maximum atomic E-state index is 12.0. The average molecular weight is 356 g/mol. The Morgan fingerprint density at radius 3 is 2.76 bits per heavy atom. The molecule has 0 N–H and O–H groups in total. The molecule has 3 aromatic rings. The molecular weight excluding hydrogens is 338 g/mol. The van der Waals surface area contributed by atoms with Gasteiger partial charge in [0, 0.05) is 16.5 Å². The van der Waals surface area contributed by atoms with E-state index in [1.54, 1.807) is 19.9 Å². The molecule has 128 valence electrons. The molecular formula is C20H18ClNO3. The first kappa shape index (κ1) is 17.2. The number of hydrogen-bond acceptors (Lipinski definition) is 4. The number of hydrogen-bond donors (Lipinski definition) is 0. The number of aryl methyl sites for hydroxylation is 1. The van der Waals surface area contributed by atoms with E-state index in [4.69, 9.17) is 21.1 Å². The standard InChI is InChI=1S/C20H18ClNO3/c1-3-24-20(23)18-10-15-7-8-17(11-19(15)22-13(18)2)25-12-14-5-4-6-16(21)9-14/h4-11H,3,12H2,1-2H3. The molecule has 4 nitrogen and oxygen atoms in total. The molecule has 25 heavy (non-hydrogen) atoms. The van der Waals surface area contributed by atoms with E-state index in [2.05, 4.69) is 4.98 Å². The molecule has 5 heteroatoms. The molecule has 0 aliphatic rings. The summed E-state index contributed by atoms with van der Waals surface area (Å²) in [5.74, 6) is 0.360. The van der Waals surface area contributed by atoms with Gasteiger partial charge >= 0.3 is 5.97 Å². The topological polar surface area (TPSA) is 48.4 Å². The number of carbonyl (C=O) groups excluding carboxylic acids is 1. The quantitative estimate of drug-likeness (QED) is 0.607. The van der Waals surface area contributed by atoms with Gasteiger partial charge in [-0.2, -0.15) is 0 Å². The second kappa shape index (κ2) is 7.53. The normalized spacial score (nSPS) is 10.7. The molecule has 2 aromatic carbocycles. The first-order chi connectivity index (χ1) is 12.1. The Labute approximate surface area is 151 Å². The Morgan fingerprint density at radius 2 is 2.00 bits per heavy atom. The van der Waals surface area contributed by atoms with Crippen LogP contribution < -0.4 is 4.74 Å². The van der Waals surface area contributed by atoms with Crippen molar-refractivity contribution in [3.8, 4) is 5.75 Å². The lowest BCUT2D eigenvalue weighted by molar-refractivity contribution is 0.0525. The van der Waals surface area contributed by atoms with Gasteiger partial charge in [0.05, 0.1) is 23.4 Å². The first-order valence-electron chi connectivity index (χ1n) is 8.02. The molecule has 0 aliphatic carbocycles. The van der Waals surface area contributed by atoms with E-state index in [1.807, 2.05) is 42.5 Å². The third kappa shape index (κ3) is 4.09. The summed E-state index contributed by atoms with van der Waals surface area (Å²) >= 11 is 5.98. The van der Waals surface area contributed by atoms with Crippen molar-refractivity contribution in [3.05, 3.63) is 70.4 Å². The summed E-state index contributed by atoms with van der Waals surface area (Å²) in [6.45, 7) is 4.34. The lowest BCUT2D eigenvalue weighted by Gasteiger charge is -2.10. The van der Waals surface area contributed by atoms with Crippen molar-refractivity contribution in [2.45, 2.75) is 20.5 Å². The molecule has 0 bridgehead atoms. The van der Waals surface area contributed by atoms with Crippen molar-refractivity contribution in [2.75, 3.05) is 6.61 Å². The highest BCUT2D eigenvalue weighted by Gasteiger charge is 2.13. The summed E-state index contributed by atoms with van der Waals surface area (Å²) in [7, 11) is 0. The molecule has 0 saturated heterocycles. The number of rotatable bonds is 5. The van der Waals surface area contributed by atoms with Crippen molar-refractivity contribution in [3.63, 3.8) is 0 Å². The maximum Gasteiger partial charge on any atom is 0.339 e. The Balaban J connectivity index is 1.82. The molecule has 1 aromatic heterocycles. The maximum absolute atomic E-state index is 12.0. The summed E-state index contributed by atoms with van der Waals surface area (Å²) in [5.41, 5.74) is 2.89. The minimum atomic E-state index is -0.351. The number of ether oxygens (including phenoxy) is 2. The van der Waals surface area contributed by atoms with E-state index in [-0.39, 0.29) is 5.97 Å². The van der Waals surface area contributed by atoms with Gasteiger partial charge in [0.2, 0.25) is 0 Å². The first-order valence-corrected chi connectivity index (χ1v) is 8.40. The molecule has 0 aliphatic heterocycles. The van der Waals surface area contributed by atoms with Gasteiger partial charge in [-0.25, -0.2) is 4.79 Å². The zero-order valence-electron chi connectivity index (χ0n) is 14.1. The molecule has 0 saturated carbocycles. The third-order valence-electron chi connectivity index (χ3n) is 3.77. The van der Waals surface area contributed by atoms with Crippen LogP contribution in [-0.2, 0) is 11.3 Å². The van der Waals surface area contributed by atoms with E-state index in [0.29, 0.717) is 35.2 Å². The predicted octanol–water partition coefficient (Wildman–Crippen LogP) is 4.95. The fourth-order valence-electron chi connectivity index (χ4n) is 2.54. The monoisotopic (exact) mass is 355 g/mol. The lowest BCUT2D eigenvalue weighted by atomic mass is 10.1. The van der Waals surface area contributed by atoms with E-state index < -0.39 is 0 Å². The zero-order chi connectivity index (χ0) is 17.8. The number of aromatic nitrogens is 1. The van der Waals surface area contributed by atoms with E-state index in [1.165, 1.54) is 0 Å². The summed E-state index contributed by atoms with van der Waals surface area (Å²) in [6, 6.07) is 15.0. The molecule has 0 amide bonds. The number of pyridine rings is 1.